The van der Waals surface area contributed by atoms with Gasteiger partial charge in [-0.05, 0) is 20.0 Å². The van der Waals surface area contributed by atoms with E-state index in [1.165, 1.54) is 0 Å². The van der Waals surface area contributed by atoms with Gasteiger partial charge in [-0.15, -0.1) is 13.2 Å². The summed E-state index contributed by atoms with van der Waals surface area (Å²) >= 11 is 0. The fourth-order valence-electron chi connectivity index (χ4n) is 1.70. The van der Waals surface area contributed by atoms with Crippen LogP contribution in [0.1, 0.15) is 12.8 Å². The van der Waals surface area contributed by atoms with Crippen LogP contribution in [0, 0.1) is 0 Å². The number of alkyl halides is 3. The lowest BCUT2D eigenvalue weighted by atomic mass is 10.1. The van der Waals surface area contributed by atoms with Crippen LogP contribution in [0.15, 0.2) is 0 Å². The van der Waals surface area contributed by atoms with Crippen molar-refractivity contribution in [3.63, 3.8) is 0 Å². The molecular formula is C10H17F3N2O2. The summed E-state index contributed by atoms with van der Waals surface area (Å²) in [6.07, 6.45) is -3.39. The summed E-state index contributed by atoms with van der Waals surface area (Å²) in [5, 5.41) is 3.05. The van der Waals surface area contributed by atoms with Crippen LogP contribution in [-0.2, 0) is 9.53 Å². The number of nitrogens with zero attached hydrogens (tertiary/aromatic N) is 1. The minimum Gasteiger partial charge on any atom is -0.307 e. The lowest BCUT2D eigenvalue weighted by molar-refractivity contribution is -0.324. The number of halogens is 3. The molecule has 0 aromatic heterocycles. The highest BCUT2D eigenvalue weighted by Crippen LogP contribution is 2.15. The summed E-state index contributed by atoms with van der Waals surface area (Å²) in [5.41, 5.74) is 0. The van der Waals surface area contributed by atoms with Gasteiger partial charge < -0.3 is 10.2 Å². The molecule has 0 aromatic carbocycles. The van der Waals surface area contributed by atoms with Crippen LogP contribution in [0.5, 0.6) is 0 Å². The average Bonchev–Trinajstić information content (AvgIpc) is 2.59. The predicted octanol–water partition coefficient (Wildman–Crippen LogP) is 0.776. The van der Waals surface area contributed by atoms with Crippen LogP contribution < -0.4 is 5.32 Å². The van der Waals surface area contributed by atoms with E-state index >= 15 is 0 Å². The van der Waals surface area contributed by atoms with Gasteiger partial charge in [0, 0.05) is 19.5 Å². The SMILES string of the molecule is CN(CCOC(F)(F)F)CCC1NCCC1=O. The molecule has 0 amide bonds. The first-order valence-electron chi connectivity index (χ1n) is 5.54. The van der Waals surface area contributed by atoms with E-state index in [0.29, 0.717) is 25.9 Å². The van der Waals surface area contributed by atoms with Crippen molar-refractivity contribution in [1.29, 1.82) is 0 Å². The zero-order valence-electron chi connectivity index (χ0n) is 9.72. The average molecular weight is 254 g/mol. The van der Waals surface area contributed by atoms with E-state index in [9.17, 15) is 18.0 Å². The Balaban J connectivity index is 2.09. The lowest BCUT2D eigenvalue weighted by Crippen LogP contribution is -2.34. The van der Waals surface area contributed by atoms with Crippen molar-refractivity contribution in [3.05, 3.63) is 0 Å². The fraction of sp³-hybridized carbons (Fsp3) is 0.900. The number of hydrogen-bond donors (Lipinski definition) is 1. The number of carbonyl (C=O) groups is 1. The van der Waals surface area contributed by atoms with Gasteiger partial charge in [-0.3, -0.25) is 9.53 Å². The van der Waals surface area contributed by atoms with Crippen molar-refractivity contribution in [2.24, 2.45) is 0 Å². The summed E-state index contributed by atoms with van der Waals surface area (Å²) in [5.74, 6) is 0.185. The summed E-state index contributed by atoms with van der Waals surface area (Å²) in [6.45, 7) is 1.08. The molecule has 0 bridgehead atoms. The maximum absolute atomic E-state index is 11.7. The minimum atomic E-state index is -4.57. The molecular weight excluding hydrogens is 237 g/mol. The van der Waals surface area contributed by atoms with Gasteiger partial charge in [0.15, 0.2) is 5.78 Å². The number of rotatable bonds is 6. The number of Topliss-reactive ketones (excluding diaryl/α,β-unsaturated/α-hetero) is 1. The standard InChI is InChI=1S/C10H17F3N2O2/c1-15(6-7-17-10(11,12)13)5-3-8-9(16)2-4-14-8/h8,14H,2-7H2,1H3. The largest absolute Gasteiger partial charge is 0.522 e. The molecule has 1 rings (SSSR count). The third-order valence-electron chi connectivity index (χ3n) is 2.69. The van der Waals surface area contributed by atoms with Crippen molar-refractivity contribution < 1.29 is 22.7 Å². The molecule has 1 N–H and O–H groups in total. The van der Waals surface area contributed by atoms with Crippen LogP contribution in [-0.4, -0.2) is 56.4 Å². The Labute approximate surface area is 98.1 Å². The van der Waals surface area contributed by atoms with Gasteiger partial charge in [0.25, 0.3) is 0 Å². The maximum atomic E-state index is 11.7. The third-order valence-corrected chi connectivity index (χ3v) is 2.69. The molecule has 1 heterocycles. The molecule has 7 heteroatoms. The molecule has 0 aliphatic carbocycles. The van der Waals surface area contributed by atoms with Gasteiger partial charge in [0.05, 0.1) is 12.6 Å². The van der Waals surface area contributed by atoms with Gasteiger partial charge >= 0.3 is 6.36 Å². The lowest BCUT2D eigenvalue weighted by Gasteiger charge is -2.18. The number of ether oxygens (including phenoxy) is 1. The van der Waals surface area contributed by atoms with Gasteiger partial charge in [-0.1, -0.05) is 0 Å². The first-order chi connectivity index (χ1) is 7.88. The number of nitrogens with one attached hydrogen (secondary N) is 1. The van der Waals surface area contributed by atoms with Crippen molar-refractivity contribution in [2.75, 3.05) is 33.3 Å². The fourth-order valence-corrected chi connectivity index (χ4v) is 1.70. The highest BCUT2D eigenvalue weighted by atomic mass is 19.4. The Hall–Kier alpha value is -0.660. The van der Waals surface area contributed by atoms with E-state index in [1.807, 2.05) is 0 Å². The first kappa shape index (κ1) is 14.4. The number of ketones is 1. The summed E-state index contributed by atoms with van der Waals surface area (Å²) in [7, 11) is 1.71. The van der Waals surface area contributed by atoms with Crippen molar-refractivity contribution in [1.82, 2.24) is 10.2 Å². The zero-order valence-corrected chi connectivity index (χ0v) is 9.72. The molecule has 1 unspecified atom stereocenters. The summed E-state index contributed by atoms with van der Waals surface area (Å²) in [4.78, 5) is 13.0. The first-order valence-corrected chi connectivity index (χ1v) is 5.54. The zero-order chi connectivity index (χ0) is 12.9. The van der Waals surface area contributed by atoms with Crippen LogP contribution in [0.2, 0.25) is 0 Å². The smallest absolute Gasteiger partial charge is 0.307 e. The molecule has 1 aliphatic rings. The van der Waals surface area contributed by atoms with Gasteiger partial charge in [0.1, 0.15) is 0 Å². The Morgan fingerprint density at radius 1 is 1.47 bits per heavy atom. The number of carbonyl (C=O) groups excluding carboxylic acids is 1. The van der Waals surface area contributed by atoms with Crippen LogP contribution in [0.3, 0.4) is 0 Å². The summed E-state index contributed by atoms with van der Waals surface area (Å²) in [6, 6.07) is -0.138. The Morgan fingerprint density at radius 3 is 2.71 bits per heavy atom. The van der Waals surface area contributed by atoms with E-state index < -0.39 is 6.36 Å². The molecule has 4 nitrogen and oxygen atoms in total. The molecule has 100 valence electrons. The normalized spacial score (nSPS) is 21.5. The Morgan fingerprint density at radius 2 is 2.18 bits per heavy atom. The second-order valence-electron chi connectivity index (χ2n) is 4.11. The third kappa shape index (κ3) is 5.99. The summed E-state index contributed by atoms with van der Waals surface area (Å²) < 4.78 is 38.7. The quantitative estimate of drug-likeness (QED) is 0.760. The minimum absolute atomic E-state index is 0.138. The second-order valence-corrected chi connectivity index (χ2v) is 4.11. The molecule has 0 aromatic rings. The monoisotopic (exact) mass is 254 g/mol. The van der Waals surface area contributed by atoms with Crippen LogP contribution in [0.4, 0.5) is 13.2 Å². The molecule has 0 radical (unpaired) electrons. The van der Waals surface area contributed by atoms with E-state index in [4.69, 9.17) is 0 Å². The molecule has 1 fully saturated rings. The van der Waals surface area contributed by atoms with Crippen molar-refractivity contribution >= 4 is 5.78 Å². The molecule has 0 spiro atoms. The topological polar surface area (TPSA) is 41.6 Å². The Kier molecular flexibility index (Phi) is 5.35. The van der Waals surface area contributed by atoms with E-state index in [0.717, 1.165) is 0 Å². The number of hydrogen-bond acceptors (Lipinski definition) is 4. The van der Waals surface area contributed by atoms with E-state index in [-0.39, 0.29) is 25.0 Å². The highest BCUT2D eigenvalue weighted by molar-refractivity contribution is 5.86. The van der Waals surface area contributed by atoms with Crippen molar-refractivity contribution in [2.45, 2.75) is 25.2 Å². The van der Waals surface area contributed by atoms with Crippen LogP contribution in [0.25, 0.3) is 0 Å². The molecule has 1 saturated heterocycles. The van der Waals surface area contributed by atoms with Crippen LogP contribution >= 0.6 is 0 Å². The van der Waals surface area contributed by atoms with Gasteiger partial charge in [0.2, 0.25) is 0 Å². The van der Waals surface area contributed by atoms with E-state index in [2.05, 4.69) is 10.1 Å². The molecule has 17 heavy (non-hydrogen) atoms. The Bertz CT molecular complexity index is 258. The molecule has 1 aliphatic heterocycles. The van der Waals surface area contributed by atoms with Gasteiger partial charge in [-0.2, -0.15) is 0 Å². The molecule has 0 saturated carbocycles. The van der Waals surface area contributed by atoms with Crippen molar-refractivity contribution in [3.8, 4) is 0 Å². The highest BCUT2D eigenvalue weighted by Gasteiger charge is 2.29. The predicted molar refractivity (Wildman–Crippen MR) is 55.5 cm³/mol. The maximum Gasteiger partial charge on any atom is 0.522 e. The molecule has 1 atom stereocenters. The second kappa shape index (κ2) is 6.32. The van der Waals surface area contributed by atoms with Gasteiger partial charge in [-0.25, -0.2) is 0 Å². The number of likely N-dealkylation sites (N-methyl/N-ethyl adjacent to an activating group) is 1. The van der Waals surface area contributed by atoms with E-state index in [1.54, 1.807) is 11.9 Å².